The molecule has 0 aromatic carbocycles. The summed E-state index contributed by atoms with van der Waals surface area (Å²) in [5.74, 6) is 0.000932. The van der Waals surface area contributed by atoms with Crippen molar-refractivity contribution in [2.45, 2.75) is 13.0 Å². The van der Waals surface area contributed by atoms with E-state index in [1.54, 1.807) is 18.5 Å². The molecule has 1 saturated heterocycles. The van der Waals surface area contributed by atoms with Crippen LogP contribution in [0.3, 0.4) is 0 Å². The van der Waals surface area contributed by atoms with Gasteiger partial charge in [-0.2, -0.15) is 0 Å². The van der Waals surface area contributed by atoms with Gasteiger partial charge in [-0.15, -0.1) is 0 Å². The molecule has 23 heavy (non-hydrogen) atoms. The van der Waals surface area contributed by atoms with Crippen LogP contribution in [0.25, 0.3) is 6.08 Å². The van der Waals surface area contributed by atoms with E-state index < -0.39 is 0 Å². The highest BCUT2D eigenvalue weighted by atomic mass is 16.5. The van der Waals surface area contributed by atoms with E-state index in [0.717, 1.165) is 16.8 Å². The average molecular weight is 311 g/mol. The van der Waals surface area contributed by atoms with Crippen LogP contribution in [0.4, 0.5) is 0 Å². The lowest BCUT2D eigenvalue weighted by Crippen LogP contribution is -2.43. The monoisotopic (exact) mass is 311 g/mol. The Balaban J connectivity index is 1.78. The Morgan fingerprint density at radius 1 is 1.43 bits per heavy atom. The Morgan fingerprint density at radius 2 is 2.30 bits per heavy atom. The molecule has 1 amide bonds. The van der Waals surface area contributed by atoms with Crippen molar-refractivity contribution in [2.75, 3.05) is 19.8 Å². The van der Waals surface area contributed by atoms with Crippen LogP contribution in [0.1, 0.15) is 22.9 Å². The zero-order valence-electron chi connectivity index (χ0n) is 13.5. The fourth-order valence-corrected chi connectivity index (χ4v) is 2.87. The molecule has 0 N–H and O–H groups in total. The average Bonchev–Trinajstić information content (AvgIpc) is 2.98. The molecule has 5 nitrogen and oxygen atoms in total. The van der Waals surface area contributed by atoms with Crippen molar-refractivity contribution in [3.05, 3.63) is 59.7 Å². The van der Waals surface area contributed by atoms with E-state index in [1.807, 2.05) is 53.9 Å². The minimum atomic E-state index is -0.0449. The van der Waals surface area contributed by atoms with Crippen LogP contribution in [0.2, 0.25) is 0 Å². The summed E-state index contributed by atoms with van der Waals surface area (Å²) in [6.07, 6.45) is 8.98. The van der Waals surface area contributed by atoms with Crippen molar-refractivity contribution >= 4 is 12.0 Å². The largest absolute Gasteiger partial charge is 0.377 e. The summed E-state index contributed by atoms with van der Waals surface area (Å²) in [5.41, 5.74) is 3.10. The molecule has 1 unspecified atom stereocenters. The Morgan fingerprint density at radius 3 is 3.04 bits per heavy atom. The summed E-state index contributed by atoms with van der Waals surface area (Å²) in [4.78, 5) is 18.6. The SMILES string of the molecule is Cc1cncc(C=CC(=O)N2CCOCC2c2cccn2C)c1. The molecule has 0 spiro atoms. The van der Waals surface area contributed by atoms with Crippen molar-refractivity contribution < 1.29 is 9.53 Å². The topological polar surface area (TPSA) is 47.4 Å². The minimum Gasteiger partial charge on any atom is -0.377 e. The number of hydrogen-bond donors (Lipinski definition) is 0. The fraction of sp³-hybridized carbons (Fsp3) is 0.333. The Bertz CT molecular complexity index is 721. The Kier molecular flexibility index (Phi) is 4.57. The lowest BCUT2D eigenvalue weighted by Gasteiger charge is -2.35. The predicted octanol–water partition coefficient (Wildman–Crippen LogP) is 2.34. The molecular formula is C18H21N3O2. The number of rotatable bonds is 3. The summed E-state index contributed by atoms with van der Waals surface area (Å²) in [5, 5.41) is 0. The van der Waals surface area contributed by atoms with Gasteiger partial charge in [-0.3, -0.25) is 9.78 Å². The molecule has 3 rings (SSSR count). The second kappa shape index (κ2) is 6.79. The molecule has 1 aliphatic heterocycles. The van der Waals surface area contributed by atoms with Crippen molar-refractivity contribution in [3.8, 4) is 0 Å². The van der Waals surface area contributed by atoms with Crippen LogP contribution in [0.15, 0.2) is 42.9 Å². The minimum absolute atomic E-state index is 0.000932. The van der Waals surface area contributed by atoms with Crippen LogP contribution in [0, 0.1) is 6.92 Å². The van der Waals surface area contributed by atoms with E-state index in [9.17, 15) is 4.79 Å². The number of morpholine rings is 1. The Hall–Kier alpha value is -2.40. The second-order valence-corrected chi connectivity index (χ2v) is 5.80. The van der Waals surface area contributed by atoms with E-state index in [2.05, 4.69) is 4.98 Å². The molecule has 2 aromatic heterocycles. The van der Waals surface area contributed by atoms with Crippen LogP contribution < -0.4 is 0 Å². The first-order valence-corrected chi connectivity index (χ1v) is 7.74. The summed E-state index contributed by atoms with van der Waals surface area (Å²) < 4.78 is 7.61. The maximum absolute atomic E-state index is 12.6. The van der Waals surface area contributed by atoms with Crippen molar-refractivity contribution in [3.63, 3.8) is 0 Å². The lowest BCUT2D eigenvalue weighted by atomic mass is 10.1. The van der Waals surface area contributed by atoms with Gasteiger partial charge >= 0.3 is 0 Å². The van der Waals surface area contributed by atoms with Gasteiger partial charge in [-0.25, -0.2) is 0 Å². The van der Waals surface area contributed by atoms with Crippen LogP contribution in [-0.4, -0.2) is 40.1 Å². The summed E-state index contributed by atoms with van der Waals surface area (Å²) in [7, 11) is 1.99. The third-order valence-corrected chi connectivity index (χ3v) is 4.05. The van der Waals surface area contributed by atoms with Gasteiger partial charge in [0.15, 0.2) is 0 Å². The van der Waals surface area contributed by atoms with Gasteiger partial charge in [0.2, 0.25) is 5.91 Å². The quantitative estimate of drug-likeness (QED) is 0.818. The number of ether oxygens (including phenoxy) is 1. The number of carbonyl (C=O) groups excluding carboxylic acids is 1. The van der Waals surface area contributed by atoms with Crippen molar-refractivity contribution in [2.24, 2.45) is 7.05 Å². The standard InChI is InChI=1S/C18H21N3O2/c1-14-10-15(12-19-11-14)5-6-18(22)21-8-9-23-13-17(21)16-4-3-7-20(16)2/h3-7,10-12,17H,8-9,13H2,1-2H3. The van der Waals surface area contributed by atoms with E-state index in [4.69, 9.17) is 4.74 Å². The number of carbonyl (C=O) groups is 1. The first kappa shape index (κ1) is 15.5. The van der Waals surface area contributed by atoms with E-state index in [0.29, 0.717) is 19.8 Å². The summed E-state index contributed by atoms with van der Waals surface area (Å²) in [6.45, 7) is 3.70. The second-order valence-electron chi connectivity index (χ2n) is 5.80. The van der Waals surface area contributed by atoms with Crippen molar-refractivity contribution in [1.29, 1.82) is 0 Å². The molecule has 0 bridgehead atoms. The van der Waals surface area contributed by atoms with Gasteiger partial charge < -0.3 is 14.2 Å². The smallest absolute Gasteiger partial charge is 0.247 e. The first-order valence-electron chi connectivity index (χ1n) is 7.74. The molecule has 1 aliphatic rings. The van der Waals surface area contributed by atoms with Crippen LogP contribution >= 0.6 is 0 Å². The van der Waals surface area contributed by atoms with Gasteiger partial charge in [-0.1, -0.05) is 0 Å². The number of aromatic nitrogens is 2. The molecule has 0 saturated carbocycles. The maximum atomic E-state index is 12.6. The number of nitrogens with zero attached hydrogens (tertiary/aromatic N) is 3. The third kappa shape index (κ3) is 3.51. The Labute approximate surface area is 136 Å². The highest BCUT2D eigenvalue weighted by Crippen LogP contribution is 2.24. The zero-order valence-corrected chi connectivity index (χ0v) is 13.5. The van der Waals surface area contributed by atoms with E-state index >= 15 is 0 Å². The molecule has 1 fully saturated rings. The van der Waals surface area contributed by atoms with Gasteiger partial charge in [0.25, 0.3) is 0 Å². The van der Waals surface area contributed by atoms with Crippen LogP contribution in [-0.2, 0) is 16.6 Å². The number of aryl methyl sites for hydroxylation is 2. The van der Waals surface area contributed by atoms with Crippen molar-refractivity contribution in [1.82, 2.24) is 14.5 Å². The van der Waals surface area contributed by atoms with Gasteiger partial charge in [-0.05, 0) is 42.3 Å². The van der Waals surface area contributed by atoms with E-state index in [1.165, 1.54) is 0 Å². The molecule has 5 heteroatoms. The normalized spacial score (nSPS) is 18.5. The lowest BCUT2D eigenvalue weighted by molar-refractivity contribution is -0.135. The van der Waals surface area contributed by atoms with Gasteiger partial charge in [0.05, 0.1) is 19.3 Å². The van der Waals surface area contributed by atoms with Gasteiger partial charge in [0, 0.05) is 44.0 Å². The third-order valence-electron chi connectivity index (χ3n) is 4.05. The molecular weight excluding hydrogens is 290 g/mol. The highest BCUT2D eigenvalue weighted by Gasteiger charge is 2.28. The fourth-order valence-electron chi connectivity index (χ4n) is 2.87. The molecule has 0 radical (unpaired) electrons. The summed E-state index contributed by atoms with van der Waals surface area (Å²) >= 11 is 0. The van der Waals surface area contributed by atoms with Gasteiger partial charge in [0.1, 0.15) is 0 Å². The zero-order chi connectivity index (χ0) is 16.2. The maximum Gasteiger partial charge on any atom is 0.247 e. The summed E-state index contributed by atoms with van der Waals surface area (Å²) in [6, 6.07) is 5.98. The molecule has 1 atom stereocenters. The van der Waals surface area contributed by atoms with Crippen LogP contribution in [0.5, 0.6) is 0 Å². The number of pyridine rings is 1. The predicted molar refractivity (Wildman–Crippen MR) is 88.7 cm³/mol. The molecule has 3 heterocycles. The highest BCUT2D eigenvalue weighted by molar-refractivity contribution is 5.92. The molecule has 120 valence electrons. The molecule has 0 aliphatic carbocycles. The first-order chi connectivity index (χ1) is 11.1. The number of hydrogen-bond acceptors (Lipinski definition) is 3. The number of amides is 1. The van der Waals surface area contributed by atoms with E-state index in [-0.39, 0.29) is 11.9 Å². The molecule has 2 aromatic rings.